The second-order valence-corrected chi connectivity index (χ2v) is 4.35. The Balaban J connectivity index is 0.000000364. The molecule has 0 amide bonds. The Hall–Kier alpha value is -1.52. The minimum absolute atomic E-state index is 0. The van der Waals surface area contributed by atoms with E-state index in [4.69, 9.17) is 23.2 Å². The molecule has 0 atom stereocenters. The Bertz CT molecular complexity index is 576. The molecule has 0 saturated carbocycles. The number of carbonyl (C=O) groups excluding carboxylic acids is 2. The van der Waals surface area contributed by atoms with Crippen molar-refractivity contribution < 1.29 is 36.9 Å². The predicted octanol–water partition coefficient (Wildman–Crippen LogP) is 1.40. The first kappa shape index (κ1) is 19.5. The SMILES string of the molecule is O=C([O-])c1ccccc1Cl.O=C([O-])c1ccccc1Cl.[Fe+2]. The van der Waals surface area contributed by atoms with Crippen molar-refractivity contribution >= 4 is 35.1 Å². The summed E-state index contributed by atoms with van der Waals surface area (Å²) in [5.74, 6) is -2.49. The van der Waals surface area contributed by atoms with Gasteiger partial charge >= 0.3 is 17.1 Å². The van der Waals surface area contributed by atoms with Gasteiger partial charge in [0.05, 0.1) is 11.9 Å². The van der Waals surface area contributed by atoms with E-state index < -0.39 is 11.9 Å². The van der Waals surface area contributed by atoms with E-state index in [1.54, 1.807) is 24.3 Å². The third-order valence-electron chi connectivity index (χ3n) is 2.19. The molecular formula is C14H8Cl2FeO4. The second kappa shape index (κ2) is 9.42. The number of halogens is 2. The summed E-state index contributed by atoms with van der Waals surface area (Å²) in [7, 11) is 0. The summed E-state index contributed by atoms with van der Waals surface area (Å²) < 4.78 is 0. The molecule has 0 unspecified atom stereocenters. The maximum atomic E-state index is 10.2. The van der Waals surface area contributed by atoms with Gasteiger partial charge in [0.15, 0.2) is 0 Å². The molecule has 0 N–H and O–H groups in total. The van der Waals surface area contributed by atoms with Crippen molar-refractivity contribution in [3.63, 3.8) is 0 Å². The Morgan fingerprint density at radius 3 is 1.19 bits per heavy atom. The molecule has 2 rings (SSSR count). The zero-order valence-electron chi connectivity index (χ0n) is 10.4. The molecule has 0 fully saturated rings. The first-order chi connectivity index (χ1) is 9.43. The first-order valence-electron chi connectivity index (χ1n) is 5.35. The average molecular weight is 367 g/mol. The van der Waals surface area contributed by atoms with Crippen LogP contribution in [0.3, 0.4) is 0 Å². The van der Waals surface area contributed by atoms with E-state index in [9.17, 15) is 19.8 Å². The van der Waals surface area contributed by atoms with Crippen LogP contribution < -0.4 is 10.2 Å². The summed E-state index contributed by atoms with van der Waals surface area (Å²) in [5, 5.41) is 20.9. The maximum absolute atomic E-state index is 10.2. The monoisotopic (exact) mass is 366 g/mol. The minimum atomic E-state index is -1.24. The van der Waals surface area contributed by atoms with Crippen LogP contribution in [0.25, 0.3) is 0 Å². The van der Waals surface area contributed by atoms with Crippen LogP contribution >= 0.6 is 23.2 Å². The third kappa shape index (κ3) is 6.19. The van der Waals surface area contributed by atoms with Gasteiger partial charge in [-0.15, -0.1) is 0 Å². The normalized spacial score (nSPS) is 8.86. The Kier molecular flexibility index (Phi) is 8.74. The summed E-state index contributed by atoms with van der Waals surface area (Å²) >= 11 is 11.0. The predicted molar refractivity (Wildman–Crippen MR) is 71.6 cm³/mol. The van der Waals surface area contributed by atoms with Gasteiger partial charge in [-0.05, 0) is 12.1 Å². The van der Waals surface area contributed by atoms with Gasteiger partial charge in [0.1, 0.15) is 0 Å². The van der Waals surface area contributed by atoms with Crippen LogP contribution in [0.15, 0.2) is 48.5 Å². The van der Waals surface area contributed by atoms with Crippen molar-refractivity contribution in [2.45, 2.75) is 0 Å². The smallest absolute Gasteiger partial charge is 0.545 e. The average Bonchev–Trinajstić information content (AvgIpc) is 2.40. The van der Waals surface area contributed by atoms with Gasteiger partial charge in [-0.2, -0.15) is 0 Å². The summed E-state index contributed by atoms with van der Waals surface area (Å²) in [6.07, 6.45) is 0. The van der Waals surface area contributed by atoms with Gasteiger partial charge in [-0.25, -0.2) is 0 Å². The molecule has 0 aliphatic heterocycles. The number of hydrogen-bond acceptors (Lipinski definition) is 4. The van der Waals surface area contributed by atoms with E-state index in [0.29, 0.717) is 0 Å². The van der Waals surface area contributed by atoms with E-state index in [1.807, 2.05) is 0 Å². The molecule has 0 saturated heterocycles. The van der Waals surface area contributed by atoms with E-state index in [-0.39, 0.29) is 38.2 Å². The summed E-state index contributed by atoms with van der Waals surface area (Å²) in [6, 6.07) is 12.3. The summed E-state index contributed by atoms with van der Waals surface area (Å²) in [5.41, 5.74) is 0.0633. The van der Waals surface area contributed by atoms with E-state index in [1.165, 1.54) is 24.3 Å². The standard InChI is InChI=1S/2C7H5ClO2.Fe/c2*8-6-4-2-1-3-5(6)7(9)10;/h2*1-4H,(H,9,10);/q;;+2/p-2. The molecule has 110 valence electrons. The van der Waals surface area contributed by atoms with Crippen LogP contribution in [0, 0.1) is 0 Å². The van der Waals surface area contributed by atoms with E-state index in [2.05, 4.69) is 0 Å². The van der Waals surface area contributed by atoms with Gasteiger partial charge < -0.3 is 19.8 Å². The number of carbonyl (C=O) groups is 2. The fourth-order valence-corrected chi connectivity index (χ4v) is 1.68. The van der Waals surface area contributed by atoms with Crippen molar-refractivity contribution in [3.05, 3.63) is 69.7 Å². The number of carboxylic acids is 2. The molecule has 0 aliphatic rings. The molecule has 0 radical (unpaired) electrons. The fraction of sp³-hybridized carbons (Fsp3) is 0. The molecule has 21 heavy (non-hydrogen) atoms. The molecule has 0 aliphatic carbocycles. The molecule has 2 aromatic carbocycles. The third-order valence-corrected chi connectivity index (χ3v) is 2.85. The first-order valence-corrected chi connectivity index (χ1v) is 6.11. The molecule has 2 aromatic rings. The Morgan fingerprint density at radius 2 is 1.00 bits per heavy atom. The van der Waals surface area contributed by atoms with Crippen molar-refractivity contribution in [1.29, 1.82) is 0 Å². The van der Waals surface area contributed by atoms with Gasteiger partial charge in [0.25, 0.3) is 0 Å². The zero-order chi connectivity index (χ0) is 15.1. The Morgan fingerprint density at radius 1 is 0.714 bits per heavy atom. The van der Waals surface area contributed by atoms with Gasteiger partial charge in [0, 0.05) is 21.2 Å². The van der Waals surface area contributed by atoms with Crippen LogP contribution in [0.2, 0.25) is 10.0 Å². The topological polar surface area (TPSA) is 80.3 Å². The maximum Gasteiger partial charge on any atom is 2.00 e. The minimum Gasteiger partial charge on any atom is -0.545 e. The van der Waals surface area contributed by atoms with Crippen LogP contribution in [-0.4, -0.2) is 11.9 Å². The molecule has 0 spiro atoms. The number of rotatable bonds is 2. The van der Waals surface area contributed by atoms with Crippen LogP contribution in [-0.2, 0) is 17.1 Å². The van der Waals surface area contributed by atoms with Gasteiger partial charge in [-0.1, -0.05) is 59.6 Å². The number of hydrogen-bond donors (Lipinski definition) is 0. The largest absolute Gasteiger partial charge is 2.00 e. The molecular weight excluding hydrogens is 359 g/mol. The summed E-state index contributed by atoms with van der Waals surface area (Å²) in [4.78, 5) is 20.5. The van der Waals surface area contributed by atoms with Crippen molar-refractivity contribution in [2.75, 3.05) is 0 Å². The molecule has 0 heterocycles. The van der Waals surface area contributed by atoms with Gasteiger partial charge in [-0.3, -0.25) is 0 Å². The zero-order valence-corrected chi connectivity index (χ0v) is 13.0. The van der Waals surface area contributed by atoms with Crippen molar-refractivity contribution in [1.82, 2.24) is 0 Å². The van der Waals surface area contributed by atoms with Crippen molar-refractivity contribution in [3.8, 4) is 0 Å². The van der Waals surface area contributed by atoms with Crippen LogP contribution in [0.1, 0.15) is 20.7 Å². The number of carboxylic acid groups (broad SMARTS) is 2. The van der Waals surface area contributed by atoms with Crippen LogP contribution in [0.4, 0.5) is 0 Å². The fourth-order valence-electron chi connectivity index (χ4n) is 1.25. The Labute approximate surface area is 141 Å². The van der Waals surface area contributed by atoms with E-state index >= 15 is 0 Å². The quantitative estimate of drug-likeness (QED) is 0.752. The molecule has 7 heteroatoms. The molecule has 4 nitrogen and oxygen atoms in total. The van der Waals surface area contributed by atoms with Gasteiger partial charge in [0.2, 0.25) is 0 Å². The number of aromatic carboxylic acids is 2. The molecule has 0 bridgehead atoms. The second-order valence-electron chi connectivity index (χ2n) is 3.53. The molecule has 0 aromatic heterocycles. The summed E-state index contributed by atoms with van der Waals surface area (Å²) in [6.45, 7) is 0. The van der Waals surface area contributed by atoms with Crippen LogP contribution in [0.5, 0.6) is 0 Å². The van der Waals surface area contributed by atoms with E-state index in [0.717, 1.165) is 0 Å². The van der Waals surface area contributed by atoms with Crippen molar-refractivity contribution in [2.24, 2.45) is 0 Å². The number of benzene rings is 2.